The van der Waals surface area contributed by atoms with E-state index in [-0.39, 0.29) is 12.1 Å². The van der Waals surface area contributed by atoms with Crippen LogP contribution in [0.25, 0.3) is 0 Å². The van der Waals surface area contributed by atoms with E-state index >= 15 is 0 Å². The molecule has 6 heteroatoms. The van der Waals surface area contributed by atoms with E-state index in [0.29, 0.717) is 12.3 Å². The molecule has 22 heavy (non-hydrogen) atoms. The predicted molar refractivity (Wildman–Crippen MR) is 91.5 cm³/mol. The molecule has 0 unspecified atom stereocenters. The summed E-state index contributed by atoms with van der Waals surface area (Å²) in [4.78, 5) is 14.3. The second kappa shape index (κ2) is 9.50. The number of carbonyl (C=O) groups excluding carboxylic acids is 1. The van der Waals surface area contributed by atoms with Crippen LogP contribution in [0.3, 0.4) is 0 Å². The molecule has 1 saturated heterocycles. The van der Waals surface area contributed by atoms with Gasteiger partial charge in [-0.25, -0.2) is 4.79 Å². The molecule has 2 N–H and O–H groups in total. The lowest BCUT2D eigenvalue weighted by molar-refractivity contribution is 0.156. The Labute approximate surface area is 137 Å². The minimum atomic E-state index is -0.847. The fourth-order valence-electron chi connectivity index (χ4n) is 3.54. The third-order valence-corrected chi connectivity index (χ3v) is 5.62. The lowest BCUT2D eigenvalue weighted by atomic mass is 9.88. The number of carbonyl (C=O) groups is 1. The van der Waals surface area contributed by atoms with Crippen LogP contribution >= 0.6 is 0 Å². The topological polar surface area (TPSA) is 61.4 Å². The third kappa shape index (κ3) is 6.65. The van der Waals surface area contributed by atoms with Gasteiger partial charge in [0.25, 0.3) is 0 Å². The van der Waals surface area contributed by atoms with E-state index in [2.05, 4.69) is 15.5 Å². The van der Waals surface area contributed by atoms with E-state index in [4.69, 9.17) is 0 Å². The average Bonchev–Trinajstić information content (AvgIpc) is 2.50. The number of rotatable bonds is 6. The SMILES string of the molecule is C[S@](=O)CCNC(=O)NC1CCN(CC2CCCCC2)CC1. The van der Waals surface area contributed by atoms with Gasteiger partial charge in [-0.15, -0.1) is 0 Å². The number of nitrogens with zero attached hydrogens (tertiary/aromatic N) is 1. The first-order valence-electron chi connectivity index (χ1n) is 8.70. The molecule has 1 aliphatic heterocycles. The highest BCUT2D eigenvalue weighted by atomic mass is 32.2. The largest absolute Gasteiger partial charge is 0.337 e. The van der Waals surface area contributed by atoms with Gasteiger partial charge >= 0.3 is 6.03 Å². The first kappa shape index (κ1) is 17.7. The highest BCUT2D eigenvalue weighted by Gasteiger charge is 2.23. The van der Waals surface area contributed by atoms with Crippen molar-refractivity contribution in [1.29, 1.82) is 0 Å². The van der Waals surface area contributed by atoms with Crippen LogP contribution in [0.15, 0.2) is 0 Å². The average molecular weight is 330 g/mol. The Hall–Kier alpha value is -0.620. The lowest BCUT2D eigenvalue weighted by Gasteiger charge is -2.35. The molecule has 2 aliphatic rings. The number of likely N-dealkylation sites (tertiary alicyclic amines) is 1. The highest BCUT2D eigenvalue weighted by molar-refractivity contribution is 7.84. The van der Waals surface area contributed by atoms with Crippen molar-refractivity contribution in [2.75, 3.05) is 38.2 Å². The molecule has 1 saturated carbocycles. The summed E-state index contributed by atoms with van der Waals surface area (Å²) in [5.74, 6) is 1.42. The van der Waals surface area contributed by atoms with Gasteiger partial charge in [0, 0.05) is 55.0 Å². The fourth-order valence-corrected chi connectivity index (χ4v) is 3.93. The number of hydrogen-bond acceptors (Lipinski definition) is 3. The monoisotopic (exact) mass is 329 g/mol. The zero-order valence-corrected chi connectivity index (χ0v) is 14.6. The maximum atomic E-state index is 11.8. The van der Waals surface area contributed by atoms with Crippen molar-refractivity contribution in [3.05, 3.63) is 0 Å². The Balaban J connectivity index is 1.58. The van der Waals surface area contributed by atoms with E-state index in [0.717, 1.165) is 31.8 Å². The van der Waals surface area contributed by atoms with Gasteiger partial charge in [-0.05, 0) is 31.6 Å². The first-order chi connectivity index (χ1) is 10.6. The normalized spacial score (nSPS) is 23.1. The van der Waals surface area contributed by atoms with Gasteiger partial charge in [0.1, 0.15) is 0 Å². The molecule has 0 aromatic carbocycles. The van der Waals surface area contributed by atoms with Gasteiger partial charge in [0.05, 0.1) is 0 Å². The molecule has 5 nitrogen and oxygen atoms in total. The van der Waals surface area contributed by atoms with Crippen LogP contribution in [-0.4, -0.2) is 59.4 Å². The van der Waals surface area contributed by atoms with Crippen LogP contribution in [0, 0.1) is 5.92 Å². The number of hydrogen-bond donors (Lipinski definition) is 2. The number of amides is 2. The van der Waals surface area contributed by atoms with E-state index in [1.54, 1.807) is 6.26 Å². The number of urea groups is 1. The molecule has 0 radical (unpaired) electrons. The summed E-state index contributed by atoms with van der Waals surface area (Å²) in [6.45, 7) is 3.93. The smallest absolute Gasteiger partial charge is 0.315 e. The van der Waals surface area contributed by atoms with E-state index in [1.165, 1.54) is 38.6 Å². The second-order valence-corrected chi connectivity index (χ2v) is 8.31. The highest BCUT2D eigenvalue weighted by Crippen LogP contribution is 2.25. The van der Waals surface area contributed by atoms with Crippen LogP contribution < -0.4 is 10.6 Å². The zero-order chi connectivity index (χ0) is 15.8. The van der Waals surface area contributed by atoms with Crippen molar-refractivity contribution in [1.82, 2.24) is 15.5 Å². The Kier molecular flexibility index (Phi) is 7.66. The van der Waals surface area contributed by atoms with Crippen LogP contribution in [0.5, 0.6) is 0 Å². The molecule has 128 valence electrons. The Morgan fingerprint density at radius 1 is 1.14 bits per heavy atom. The van der Waals surface area contributed by atoms with Gasteiger partial charge < -0.3 is 15.5 Å². The summed E-state index contributed by atoms with van der Waals surface area (Å²) >= 11 is 0. The summed E-state index contributed by atoms with van der Waals surface area (Å²) in [6.07, 6.45) is 10.8. The molecule has 0 aromatic rings. The molecule has 2 rings (SSSR count). The molecular weight excluding hydrogens is 298 g/mol. The molecule has 0 aromatic heterocycles. The Morgan fingerprint density at radius 3 is 2.45 bits per heavy atom. The molecule has 2 fully saturated rings. The van der Waals surface area contributed by atoms with E-state index in [9.17, 15) is 9.00 Å². The van der Waals surface area contributed by atoms with Crippen molar-refractivity contribution >= 4 is 16.8 Å². The van der Waals surface area contributed by atoms with Crippen LogP contribution in [0.2, 0.25) is 0 Å². The van der Waals surface area contributed by atoms with Crippen molar-refractivity contribution < 1.29 is 9.00 Å². The maximum Gasteiger partial charge on any atom is 0.315 e. The summed E-state index contributed by atoms with van der Waals surface area (Å²) in [5.41, 5.74) is 0. The molecule has 1 atom stereocenters. The first-order valence-corrected chi connectivity index (χ1v) is 10.4. The van der Waals surface area contributed by atoms with Crippen molar-refractivity contribution in [2.45, 2.75) is 51.0 Å². The zero-order valence-electron chi connectivity index (χ0n) is 13.8. The van der Waals surface area contributed by atoms with Crippen molar-refractivity contribution in [3.8, 4) is 0 Å². The fraction of sp³-hybridized carbons (Fsp3) is 0.938. The molecular formula is C16H31N3O2S. The second-order valence-electron chi connectivity index (χ2n) is 6.76. The van der Waals surface area contributed by atoms with E-state index in [1.807, 2.05) is 0 Å². The van der Waals surface area contributed by atoms with Gasteiger partial charge in [-0.3, -0.25) is 4.21 Å². The summed E-state index contributed by atoms with van der Waals surface area (Å²) in [6, 6.07) is 0.172. The van der Waals surface area contributed by atoms with Crippen molar-refractivity contribution in [2.24, 2.45) is 5.92 Å². The standard InChI is InChI=1S/C16H31N3O2S/c1-22(21)12-9-17-16(20)18-15-7-10-19(11-8-15)13-14-5-3-2-4-6-14/h14-15H,2-13H2,1H3,(H2,17,18,20)/t22-/m0/s1. The quantitative estimate of drug-likeness (QED) is 0.780. The van der Waals surface area contributed by atoms with Crippen LogP contribution in [0.4, 0.5) is 4.79 Å². The Morgan fingerprint density at radius 2 is 1.82 bits per heavy atom. The summed E-state index contributed by atoms with van der Waals surface area (Å²) < 4.78 is 10.9. The predicted octanol–water partition coefficient (Wildman–Crippen LogP) is 1.71. The van der Waals surface area contributed by atoms with Gasteiger partial charge in [-0.1, -0.05) is 19.3 Å². The van der Waals surface area contributed by atoms with Gasteiger partial charge in [0.15, 0.2) is 0 Å². The molecule has 0 bridgehead atoms. The van der Waals surface area contributed by atoms with Gasteiger partial charge in [0.2, 0.25) is 0 Å². The third-order valence-electron chi connectivity index (χ3n) is 4.84. The van der Waals surface area contributed by atoms with E-state index < -0.39 is 10.8 Å². The van der Waals surface area contributed by atoms with Crippen LogP contribution in [-0.2, 0) is 10.8 Å². The van der Waals surface area contributed by atoms with Crippen molar-refractivity contribution in [3.63, 3.8) is 0 Å². The molecule has 1 aliphatic carbocycles. The summed E-state index contributed by atoms with van der Waals surface area (Å²) in [7, 11) is -0.847. The number of nitrogens with one attached hydrogen (secondary N) is 2. The van der Waals surface area contributed by atoms with Crippen LogP contribution in [0.1, 0.15) is 44.9 Å². The Bertz CT molecular complexity index is 364. The lowest BCUT2D eigenvalue weighted by Crippen LogP contribution is -2.49. The number of piperidine rings is 1. The minimum absolute atomic E-state index is 0.115. The molecule has 2 amide bonds. The maximum absolute atomic E-state index is 11.8. The molecule has 1 heterocycles. The molecule has 0 spiro atoms. The minimum Gasteiger partial charge on any atom is -0.337 e. The summed E-state index contributed by atoms with van der Waals surface area (Å²) in [5, 5.41) is 5.82. The van der Waals surface area contributed by atoms with Gasteiger partial charge in [-0.2, -0.15) is 0 Å².